The lowest BCUT2D eigenvalue weighted by Crippen LogP contribution is -2.35. The Morgan fingerprint density at radius 1 is 1.35 bits per heavy atom. The summed E-state index contributed by atoms with van der Waals surface area (Å²) in [6, 6.07) is 10.3. The second-order valence-corrected chi connectivity index (χ2v) is 5.60. The molecule has 3 atom stereocenters. The van der Waals surface area contributed by atoms with Crippen molar-refractivity contribution in [3.05, 3.63) is 35.9 Å². The highest BCUT2D eigenvalue weighted by Gasteiger charge is 2.41. The second kappa shape index (κ2) is 4.52. The van der Waals surface area contributed by atoms with Gasteiger partial charge in [-0.1, -0.05) is 37.3 Å². The maximum absolute atomic E-state index is 11.4. The van der Waals surface area contributed by atoms with Gasteiger partial charge in [-0.05, 0) is 43.6 Å². The zero-order valence-corrected chi connectivity index (χ0v) is 10.5. The first-order valence-electron chi connectivity index (χ1n) is 6.31. The summed E-state index contributed by atoms with van der Waals surface area (Å²) in [4.78, 5) is 11.4. The van der Waals surface area contributed by atoms with E-state index in [1.807, 2.05) is 25.1 Å². The normalized spacial score (nSPS) is 33.3. The molecule has 0 spiro atoms. The van der Waals surface area contributed by atoms with Crippen molar-refractivity contribution in [2.75, 3.05) is 0 Å². The average Bonchev–Trinajstić information content (AvgIpc) is 2.33. The Morgan fingerprint density at radius 2 is 2.00 bits per heavy atom. The predicted molar refractivity (Wildman–Crippen MR) is 67.9 cm³/mol. The highest BCUT2D eigenvalue weighted by Crippen LogP contribution is 2.46. The number of hydrogen-bond acceptors (Lipinski definition) is 1. The number of hydrogen-bond donors (Lipinski definition) is 1. The van der Waals surface area contributed by atoms with Gasteiger partial charge in [-0.3, -0.25) is 4.79 Å². The fourth-order valence-electron chi connectivity index (χ4n) is 2.88. The smallest absolute Gasteiger partial charge is 0.309 e. The van der Waals surface area contributed by atoms with E-state index in [0.717, 1.165) is 19.3 Å². The molecule has 1 saturated carbocycles. The summed E-state index contributed by atoms with van der Waals surface area (Å²) in [6.07, 6.45) is 2.56. The van der Waals surface area contributed by atoms with E-state index in [2.05, 4.69) is 19.1 Å². The minimum atomic E-state index is -0.648. The van der Waals surface area contributed by atoms with Crippen molar-refractivity contribution in [1.29, 1.82) is 0 Å². The number of rotatable bonds is 2. The number of carboxylic acid groups (broad SMARTS) is 1. The van der Waals surface area contributed by atoms with Crippen molar-refractivity contribution in [3.63, 3.8) is 0 Å². The van der Waals surface area contributed by atoms with E-state index in [4.69, 9.17) is 0 Å². The number of benzene rings is 1. The van der Waals surface area contributed by atoms with Crippen LogP contribution in [-0.4, -0.2) is 11.1 Å². The molecule has 0 bridgehead atoms. The number of carboxylic acids is 1. The molecule has 1 aliphatic rings. The van der Waals surface area contributed by atoms with E-state index in [1.54, 1.807) is 0 Å². The highest BCUT2D eigenvalue weighted by molar-refractivity contribution is 5.74. The Labute approximate surface area is 103 Å². The Kier molecular flexibility index (Phi) is 3.23. The van der Waals surface area contributed by atoms with Gasteiger partial charge in [-0.25, -0.2) is 0 Å². The summed E-state index contributed by atoms with van der Waals surface area (Å²) in [5.74, 6) is 0.307. The van der Waals surface area contributed by atoms with Crippen LogP contribution in [0.1, 0.15) is 44.6 Å². The topological polar surface area (TPSA) is 37.3 Å². The molecule has 0 radical (unpaired) electrons. The van der Waals surface area contributed by atoms with Crippen molar-refractivity contribution in [2.45, 2.75) is 39.0 Å². The van der Waals surface area contributed by atoms with Crippen molar-refractivity contribution < 1.29 is 9.90 Å². The first-order chi connectivity index (χ1) is 8.03. The zero-order valence-electron chi connectivity index (χ0n) is 10.5. The monoisotopic (exact) mass is 232 g/mol. The zero-order chi connectivity index (χ0) is 12.5. The number of aliphatic carboxylic acids is 1. The lowest BCUT2D eigenvalue weighted by Gasteiger charge is -2.39. The molecule has 1 fully saturated rings. The van der Waals surface area contributed by atoms with E-state index in [1.165, 1.54) is 5.56 Å². The summed E-state index contributed by atoms with van der Waals surface area (Å²) in [5.41, 5.74) is 0.736. The van der Waals surface area contributed by atoms with Crippen LogP contribution in [0, 0.1) is 11.3 Å². The quantitative estimate of drug-likeness (QED) is 0.844. The van der Waals surface area contributed by atoms with E-state index in [-0.39, 0.29) is 0 Å². The molecule has 0 amide bonds. The average molecular weight is 232 g/mol. The van der Waals surface area contributed by atoms with Gasteiger partial charge in [0.2, 0.25) is 0 Å². The lowest BCUT2D eigenvalue weighted by molar-refractivity contribution is -0.150. The molecular formula is C15H20O2. The molecule has 2 rings (SSSR count). The maximum Gasteiger partial charge on any atom is 0.309 e. The van der Waals surface area contributed by atoms with Crippen LogP contribution in [0.15, 0.2) is 30.3 Å². The molecule has 17 heavy (non-hydrogen) atoms. The van der Waals surface area contributed by atoms with Crippen LogP contribution in [-0.2, 0) is 4.79 Å². The minimum Gasteiger partial charge on any atom is -0.481 e. The van der Waals surface area contributed by atoms with E-state index in [0.29, 0.717) is 11.8 Å². The highest BCUT2D eigenvalue weighted by atomic mass is 16.4. The Balaban J connectivity index is 2.24. The molecular weight excluding hydrogens is 212 g/mol. The van der Waals surface area contributed by atoms with Gasteiger partial charge in [0.05, 0.1) is 5.41 Å². The van der Waals surface area contributed by atoms with Crippen molar-refractivity contribution in [1.82, 2.24) is 0 Å². The van der Waals surface area contributed by atoms with Crippen molar-refractivity contribution in [3.8, 4) is 0 Å². The largest absolute Gasteiger partial charge is 0.481 e. The van der Waals surface area contributed by atoms with Crippen molar-refractivity contribution >= 4 is 5.97 Å². The molecule has 2 nitrogen and oxygen atoms in total. The molecule has 2 heteroatoms. The molecule has 1 N–H and O–H groups in total. The van der Waals surface area contributed by atoms with Gasteiger partial charge in [0.15, 0.2) is 0 Å². The van der Waals surface area contributed by atoms with Gasteiger partial charge in [-0.2, -0.15) is 0 Å². The fourth-order valence-corrected chi connectivity index (χ4v) is 2.88. The van der Waals surface area contributed by atoms with Gasteiger partial charge in [0, 0.05) is 0 Å². The fraction of sp³-hybridized carbons (Fsp3) is 0.533. The number of carbonyl (C=O) groups is 1. The third-order valence-corrected chi connectivity index (χ3v) is 4.25. The van der Waals surface area contributed by atoms with Crippen LogP contribution in [0.5, 0.6) is 0 Å². The summed E-state index contributed by atoms with van der Waals surface area (Å²) in [7, 11) is 0. The van der Waals surface area contributed by atoms with Crippen LogP contribution in [0.3, 0.4) is 0 Å². The molecule has 3 unspecified atom stereocenters. The lowest BCUT2D eigenvalue weighted by atomic mass is 9.65. The van der Waals surface area contributed by atoms with Gasteiger partial charge in [0.1, 0.15) is 0 Å². The van der Waals surface area contributed by atoms with Crippen LogP contribution in [0.25, 0.3) is 0 Å². The summed E-state index contributed by atoms with van der Waals surface area (Å²) >= 11 is 0. The molecule has 1 aliphatic carbocycles. The van der Waals surface area contributed by atoms with Crippen LogP contribution in [0.2, 0.25) is 0 Å². The SMILES string of the molecule is CC1CCC(C)(C(=O)O)CC1c1ccccc1. The molecule has 0 heterocycles. The predicted octanol–water partition coefficient (Wildman–Crippen LogP) is 3.68. The molecule has 1 aromatic rings. The van der Waals surface area contributed by atoms with Crippen LogP contribution in [0.4, 0.5) is 0 Å². The van der Waals surface area contributed by atoms with Crippen molar-refractivity contribution in [2.24, 2.45) is 11.3 Å². The first-order valence-corrected chi connectivity index (χ1v) is 6.31. The summed E-state index contributed by atoms with van der Waals surface area (Å²) < 4.78 is 0. The van der Waals surface area contributed by atoms with E-state index < -0.39 is 11.4 Å². The van der Waals surface area contributed by atoms with Gasteiger partial charge >= 0.3 is 5.97 Å². The summed E-state index contributed by atoms with van der Waals surface area (Å²) in [5, 5.41) is 9.35. The first kappa shape index (κ1) is 12.2. The minimum absolute atomic E-state index is 0.381. The Morgan fingerprint density at radius 3 is 2.59 bits per heavy atom. The molecule has 0 aliphatic heterocycles. The summed E-state index contributed by atoms with van der Waals surface area (Å²) in [6.45, 7) is 4.12. The molecule has 92 valence electrons. The molecule has 0 aromatic heterocycles. The van der Waals surface area contributed by atoms with Gasteiger partial charge in [-0.15, -0.1) is 0 Å². The molecule has 1 aromatic carbocycles. The Hall–Kier alpha value is -1.31. The van der Waals surface area contributed by atoms with Crippen LogP contribution < -0.4 is 0 Å². The molecule has 0 saturated heterocycles. The third kappa shape index (κ3) is 2.36. The van der Waals surface area contributed by atoms with Gasteiger partial charge in [0.25, 0.3) is 0 Å². The standard InChI is InChI=1S/C15H20O2/c1-11-8-9-15(2,14(16)17)10-13(11)12-6-4-3-5-7-12/h3-7,11,13H,8-10H2,1-2H3,(H,16,17). The van der Waals surface area contributed by atoms with Crippen LogP contribution >= 0.6 is 0 Å². The van der Waals surface area contributed by atoms with E-state index in [9.17, 15) is 9.90 Å². The second-order valence-electron chi connectivity index (χ2n) is 5.60. The Bertz CT molecular complexity index is 399. The third-order valence-electron chi connectivity index (χ3n) is 4.25. The van der Waals surface area contributed by atoms with E-state index >= 15 is 0 Å². The maximum atomic E-state index is 11.4. The van der Waals surface area contributed by atoms with Gasteiger partial charge < -0.3 is 5.11 Å².